The molecule has 1 fully saturated rings. The average molecular weight is 286 g/mol. The largest absolute Gasteiger partial charge is 0.325 e. The number of sulfone groups is 1. The Bertz CT molecular complexity index is 553. The topological polar surface area (TPSA) is 75.3 Å². The molecule has 7 heteroatoms. The van der Waals surface area contributed by atoms with Gasteiger partial charge in [0.05, 0.1) is 5.75 Å². The highest BCUT2D eigenvalue weighted by molar-refractivity contribution is 7.92. The number of anilines is 1. The third-order valence-corrected chi connectivity index (χ3v) is 4.52. The van der Waals surface area contributed by atoms with Crippen LogP contribution in [-0.2, 0) is 14.6 Å². The second-order valence-electron chi connectivity index (χ2n) is 4.63. The van der Waals surface area contributed by atoms with Crippen LogP contribution in [-0.4, -0.2) is 38.9 Å². The Hall–Kier alpha value is -1.47. The van der Waals surface area contributed by atoms with Gasteiger partial charge in [0.1, 0.15) is 11.6 Å². The van der Waals surface area contributed by atoms with Crippen molar-refractivity contribution in [1.29, 1.82) is 0 Å². The molecule has 0 radical (unpaired) electrons. The monoisotopic (exact) mass is 286 g/mol. The van der Waals surface area contributed by atoms with Crippen molar-refractivity contribution in [1.82, 2.24) is 5.32 Å². The summed E-state index contributed by atoms with van der Waals surface area (Å²) < 4.78 is 36.1. The fourth-order valence-corrected chi connectivity index (χ4v) is 3.36. The normalized spacial score (nSPS) is 15.8. The highest BCUT2D eigenvalue weighted by Gasteiger charge is 2.26. The van der Waals surface area contributed by atoms with E-state index in [1.165, 1.54) is 24.3 Å². The van der Waals surface area contributed by atoms with Crippen molar-refractivity contribution >= 4 is 21.4 Å². The van der Waals surface area contributed by atoms with Crippen LogP contribution in [0.1, 0.15) is 0 Å². The Kier molecular flexibility index (Phi) is 4.16. The van der Waals surface area contributed by atoms with Crippen LogP contribution < -0.4 is 10.6 Å². The molecule has 2 N–H and O–H groups in total. The molecule has 0 bridgehead atoms. The van der Waals surface area contributed by atoms with Crippen molar-refractivity contribution in [2.75, 3.05) is 29.9 Å². The zero-order valence-corrected chi connectivity index (χ0v) is 11.0. The molecule has 0 unspecified atom stereocenters. The quantitative estimate of drug-likeness (QED) is 0.821. The van der Waals surface area contributed by atoms with Gasteiger partial charge in [-0.1, -0.05) is 0 Å². The van der Waals surface area contributed by atoms with Gasteiger partial charge in [-0.15, -0.1) is 0 Å². The molecule has 19 heavy (non-hydrogen) atoms. The van der Waals surface area contributed by atoms with Crippen LogP contribution in [0.5, 0.6) is 0 Å². The number of amides is 1. The van der Waals surface area contributed by atoms with E-state index in [-0.39, 0.29) is 11.7 Å². The molecule has 5 nitrogen and oxygen atoms in total. The summed E-state index contributed by atoms with van der Waals surface area (Å²) >= 11 is 0. The summed E-state index contributed by atoms with van der Waals surface area (Å²) in [7, 11) is -3.40. The molecule has 0 aromatic heterocycles. The highest BCUT2D eigenvalue weighted by atomic mass is 32.2. The van der Waals surface area contributed by atoms with Crippen LogP contribution >= 0.6 is 0 Å². The first-order valence-corrected chi connectivity index (χ1v) is 7.73. The molecular weight excluding hydrogens is 271 g/mol. The van der Waals surface area contributed by atoms with Crippen molar-refractivity contribution in [3.8, 4) is 0 Å². The van der Waals surface area contributed by atoms with Crippen LogP contribution in [0.2, 0.25) is 0 Å². The lowest BCUT2D eigenvalue weighted by Crippen LogP contribution is -2.46. The standard InChI is InChI=1S/C12H15FN2O3S/c13-10-1-3-11(4-2-10)15-12(16)8-19(17,18)7-9-5-14-6-9/h1-4,9,14H,5-8H2,(H,15,16). The first kappa shape index (κ1) is 14.0. The smallest absolute Gasteiger partial charge is 0.239 e. The first-order chi connectivity index (χ1) is 8.94. The van der Waals surface area contributed by atoms with E-state index in [0.717, 1.165) is 0 Å². The minimum atomic E-state index is -3.40. The van der Waals surface area contributed by atoms with Crippen molar-refractivity contribution < 1.29 is 17.6 Å². The van der Waals surface area contributed by atoms with Crippen molar-refractivity contribution in [3.05, 3.63) is 30.1 Å². The Balaban J connectivity index is 1.87. The number of benzene rings is 1. The van der Waals surface area contributed by atoms with Crippen LogP contribution in [0.3, 0.4) is 0 Å². The number of nitrogens with one attached hydrogen (secondary N) is 2. The fourth-order valence-electron chi connectivity index (χ4n) is 1.81. The van der Waals surface area contributed by atoms with E-state index in [4.69, 9.17) is 0 Å². The lowest BCUT2D eigenvalue weighted by Gasteiger charge is -2.26. The van der Waals surface area contributed by atoms with Gasteiger partial charge in [0.25, 0.3) is 0 Å². The van der Waals surface area contributed by atoms with E-state index in [0.29, 0.717) is 18.8 Å². The zero-order chi connectivity index (χ0) is 13.9. The molecule has 1 aliphatic rings. The van der Waals surface area contributed by atoms with Gasteiger partial charge < -0.3 is 10.6 Å². The molecule has 0 saturated carbocycles. The molecule has 0 atom stereocenters. The van der Waals surface area contributed by atoms with Gasteiger partial charge >= 0.3 is 0 Å². The Morgan fingerprint density at radius 3 is 2.47 bits per heavy atom. The molecule has 0 spiro atoms. The molecule has 1 heterocycles. The Labute approximate surface area is 111 Å². The van der Waals surface area contributed by atoms with E-state index < -0.39 is 27.3 Å². The van der Waals surface area contributed by atoms with E-state index in [2.05, 4.69) is 10.6 Å². The fraction of sp³-hybridized carbons (Fsp3) is 0.417. The molecule has 1 aromatic carbocycles. The second kappa shape index (κ2) is 5.66. The van der Waals surface area contributed by atoms with Gasteiger partial charge in [0.2, 0.25) is 5.91 Å². The van der Waals surface area contributed by atoms with E-state index in [1.807, 2.05) is 0 Å². The van der Waals surface area contributed by atoms with Crippen molar-refractivity contribution in [3.63, 3.8) is 0 Å². The minimum Gasteiger partial charge on any atom is -0.325 e. The lowest BCUT2D eigenvalue weighted by atomic mass is 10.1. The first-order valence-electron chi connectivity index (χ1n) is 5.91. The maximum Gasteiger partial charge on any atom is 0.239 e. The van der Waals surface area contributed by atoms with E-state index in [1.54, 1.807) is 0 Å². The minimum absolute atomic E-state index is 0.0246. The SMILES string of the molecule is O=C(CS(=O)(=O)CC1CNC1)Nc1ccc(F)cc1. The summed E-state index contributed by atoms with van der Waals surface area (Å²) in [6.45, 7) is 1.36. The third kappa shape index (κ3) is 4.29. The van der Waals surface area contributed by atoms with Gasteiger partial charge in [0.15, 0.2) is 9.84 Å². The number of hydrogen-bond acceptors (Lipinski definition) is 4. The summed E-state index contributed by atoms with van der Waals surface area (Å²) in [5.74, 6) is -1.43. The molecule has 1 aliphatic heterocycles. The maximum atomic E-state index is 12.7. The Morgan fingerprint density at radius 1 is 1.32 bits per heavy atom. The summed E-state index contributed by atoms with van der Waals surface area (Å²) in [6, 6.07) is 5.17. The molecular formula is C12H15FN2O3S. The predicted molar refractivity (Wildman–Crippen MR) is 70.0 cm³/mol. The van der Waals surface area contributed by atoms with Crippen LogP contribution in [0.25, 0.3) is 0 Å². The van der Waals surface area contributed by atoms with E-state index >= 15 is 0 Å². The molecule has 1 aromatic rings. The summed E-state index contributed by atoms with van der Waals surface area (Å²) in [5.41, 5.74) is 0.381. The summed E-state index contributed by atoms with van der Waals surface area (Å²) in [6.07, 6.45) is 0. The summed E-state index contributed by atoms with van der Waals surface area (Å²) in [5, 5.41) is 5.42. The van der Waals surface area contributed by atoms with Crippen LogP contribution in [0.15, 0.2) is 24.3 Å². The summed E-state index contributed by atoms with van der Waals surface area (Å²) in [4.78, 5) is 11.6. The molecule has 104 valence electrons. The van der Waals surface area contributed by atoms with Crippen LogP contribution in [0, 0.1) is 11.7 Å². The van der Waals surface area contributed by atoms with Gasteiger partial charge in [-0.05, 0) is 30.2 Å². The number of rotatable bonds is 5. The zero-order valence-electron chi connectivity index (χ0n) is 10.2. The lowest BCUT2D eigenvalue weighted by molar-refractivity contribution is -0.113. The Morgan fingerprint density at radius 2 is 1.95 bits per heavy atom. The van der Waals surface area contributed by atoms with Gasteiger partial charge in [-0.3, -0.25) is 4.79 Å². The molecule has 2 rings (SSSR count). The number of halogens is 1. The molecule has 0 aliphatic carbocycles. The predicted octanol–water partition coefficient (Wildman–Crippen LogP) is 0.398. The average Bonchev–Trinajstić information content (AvgIpc) is 2.26. The van der Waals surface area contributed by atoms with E-state index in [9.17, 15) is 17.6 Å². The highest BCUT2D eigenvalue weighted by Crippen LogP contribution is 2.10. The maximum absolute atomic E-state index is 12.7. The van der Waals surface area contributed by atoms with Gasteiger partial charge in [0, 0.05) is 18.8 Å². The number of hydrogen-bond donors (Lipinski definition) is 2. The molecule has 1 amide bonds. The van der Waals surface area contributed by atoms with Gasteiger partial charge in [-0.2, -0.15) is 0 Å². The third-order valence-electron chi connectivity index (χ3n) is 2.83. The van der Waals surface area contributed by atoms with Crippen molar-refractivity contribution in [2.24, 2.45) is 5.92 Å². The second-order valence-corrected chi connectivity index (χ2v) is 6.74. The van der Waals surface area contributed by atoms with Gasteiger partial charge in [-0.25, -0.2) is 12.8 Å². The van der Waals surface area contributed by atoms with Crippen molar-refractivity contribution in [2.45, 2.75) is 0 Å². The van der Waals surface area contributed by atoms with Crippen LogP contribution in [0.4, 0.5) is 10.1 Å². The molecule has 1 saturated heterocycles. The number of carbonyl (C=O) groups is 1. The number of carbonyl (C=O) groups excluding carboxylic acids is 1.